The fraction of sp³-hybridized carbons (Fsp3) is 0.308. The first-order chi connectivity index (χ1) is 8.29. The predicted octanol–water partition coefficient (Wildman–Crippen LogP) is 2.67. The Hall–Kier alpha value is -1.97. The third-order valence-electron chi connectivity index (χ3n) is 2.36. The van der Waals surface area contributed by atoms with E-state index >= 15 is 0 Å². The van der Waals surface area contributed by atoms with Crippen LogP contribution in [0.5, 0.6) is 0 Å². The van der Waals surface area contributed by atoms with E-state index in [-0.39, 0.29) is 0 Å². The molecule has 4 nitrogen and oxygen atoms in total. The molecule has 0 aliphatic heterocycles. The Morgan fingerprint density at radius 1 is 1.12 bits per heavy atom. The Bertz CT molecular complexity index is 496. The third kappa shape index (κ3) is 3.00. The molecule has 0 radical (unpaired) electrons. The van der Waals surface area contributed by atoms with Gasteiger partial charge in [0.15, 0.2) is 0 Å². The summed E-state index contributed by atoms with van der Waals surface area (Å²) in [7, 11) is 0. The van der Waals surface area contributed by atoms with Crippen LogP contribution in [0.3, 0.4) is 0 Å². The summed E-state index contributed by atoms with van der Waals surface area (Å²) in [4.78, 5) is 12.9. The van der Waals surface area contributed by atoms with Gasteiger partial charge in [-0.15, -0.1) is 0 Å². The van der Waals surface area contributed by atoms with Crippen LogP contribution < -0.4 is 5.32 Å². The van der Waals surface area contributed by atoms with Crippen LogP contribution in [0.25, 0.3) is 11.3 Å². The summed E-state index contributed by atoms with van der Waals surface area (Å²) in [6.45, 7) is 5.04. The molecule has 0 aliphatic carbocycles. The SMILES string of the molecule is CCCNc1cncc(-c2cncc(C)c2)n1. The van der Waals surface area contributed by atoms with Gasteiger partial charge in [-0.1, -0.05) is 6.92 Å². The second-order valence-corrected chi connectivity index (χ2v) is 3.97. The molecule has 2 rings (SSSR count). The van der Waals surface area contributed by atoms with Crippen molar-refractivity contribution >= 4 is 5.82 Å². The van der Waals surface area contributed by atoms with E-state index in [1.807, 2.05) is 13.1 Å². The van der Waals surface area contributed by atoms with Crippen molar-refractivity contribution in [3.8, 4) is 11.3 Å². The second-order valence-electron chi connectivity index (χ2n) is 3.97. The van der Waals surface area contributed by atoms with Gasteiger partial charge in [-0.2, -0.15) is 0 Å². The van der Waals surface area contributed by atoms with Gasteiger partial charge in [0, 0.05) is 24.5 Å². The molecule has 0 unspecified atom stereocenters. The van der Waals surface area contributed by atoms with Gasteiger partial charge in [0.25, 0.3) is 0 Å². The molecule has 0 fully saturated rings. The van der Waals surface area contributed by atoms with E-state index in [4.69, 9.17) is 0 Å². The van der Waals surface area contributed by atoms with Crippen molar-refractivity contribution in [3.05, 3.63) is 36.4 Å². The summed E-state index contributed by atoms with van der Waals surface area (Å²) in [6.07, 6.45) is 8.20. The maximum absolute atomic E-state index is 4.51. The van der Waals surface area contributed by atoms with Crippen molar-refractivity contribution in [2.75, 3.05) is 11.9 Å². The highest BCUT2D eigenvalue weighted by Gasteiger charge is 2.02. The molecule has 0 aromatic carbocycles. The molecule has 2 aromatic heterocycles. The van der Waals surface area contributed by atoms with Gasteiger partial charge in [0.2, 0.25) is 0 Å². The third-order valence-corrected chi connectivity index (χ3v) is 2.36. The summed E-state index contributed by atoms with van der Waals surface area (Å²) in [5, 5.41) is 3.23. The number of nitrogens with zero attached hydrogens (tertiary/aromatic N) is 3. The highest BCUT2D eigenvalue weighted by molar-refractivity contribution is 5.59. The fourth-order valence-corrected chi connectivity index (χ4v) is 1.54. The molecule has 0 spiro atoms. The van der Waals surface area contributed by atoms with E-state index < -0.39 is 0 Å². The molecule has 88 valence electrons. The highest BCUT2D eigenvalue weighted by Crippen LogP contribution is 2.17. The number of rotatable bonds is 4. The maximum Gasteiger partial charge on any atom is 0.145 e. The monoisotopic (exact) mass is 228 g/mol. The molecule has 2 heterocycles. The van der Waals surface area contributed by atoms with Crippen LogP contribution >= 0.6 is 0 Å². The largest absolute Gasteiger partial charge is 0.369 e. The standard InChI is InChI=1S/C13H16N4/c1-3-4-16-13-9-15-8-12(17-13)11-5-10(2)6-14-7-11/h5-9H,3-4H2,1-2H3,(H,16,17). The summed E-state index contributed by atoms with van der Waals surface area (Å²) < 4.78 is 0. The minimum Gasteiger partial charge on any atom is -0.369 e. The number of aryl methyl sites for hydroxylation is 1. The van der Waals surface area contributed by atoms with Gasteiger partial charge >= 0.3 is 0 Å². The van der Waals surface area contributed by atoms with Crippen LogP contribution in [0, 0.1) is 6.92 Å². The van der Waals surface area contributed by atoms with Crippen molar-refractivity contribution in [1.29, 1.82) is 0 Å². The number of nitrogens with one attached hydrogen (secondary N) is 1. The minimum absolute atomic E-state index is 0.811. The number of anilines is 1. The van der Waals surface area contributed by atoms with E-state index in [2.05, 4.69) is 33.3 Å². The molecule has 1 N–H and O–H groups in total. The lowest BCUT2D eigenvalue weighted by Gasteiger charge is -2.05. The van der Waals surface area contributed by atoms with Crippen LogP contribution in [0.15, 0.2) is 30.9 Å². The highest BCUT2D eigenvalue weighted by atomic mass is 15.0. The summed E-state index contributed by atoms with van der Waals surface area (Å²) in [6, 6.07) is 2.06. The Kier molecular flexibility index (Phi) is 3.65. The molecular weight excluding hydrogens is 212 g/mol. The van der Waals surface area contributed by atoms with Gasteiger partial charge in [0.1, 0.15) is 5.82 Å². The molecule has 17 heavy (non-hydrogen) atoms. The van der Waals surface area contributed by atoms with E-state index in [9.17, 15) is 0 Å². The molecule has 4 heteroatoms. The van der Waals surface area contributed by atoms with E-state index in [0.29, 0.717) is 0 Å². The number of hydrogen-bond acceptors (Lipinski definition) is 4. The zero-order valence-corrected chi connectivity index (χ0v) is 10.1. The van der Waals surface area contributed by atoms with Gasteiger partial charge in [-0.05, 0) is 25.0 Å². The molecule has 0 saturated heterocycles. The summed E-state index contributed by atoms with van der Waals surface area (Å²) >= 11 is 0. The molecule has 0 bridgehead atoms. The smallest absolute Gasteiger partial charge is 0.145 e. The Labute approximate surface area is 101 Å². The average molecular weight is 228 g/mol. The lowest BCUT2D eigenvalue weighted by Crippen LogP contribution is -2.03. The van der Waals surface area contributed by atoms with E-state index in [1.54, 1.807) is 18.6 Å². The number of pyridine rings is 1. The van der Waals surface area contributed by atoms with Gasteiger partial charge in [-0.25, -0.2) is 4.98 Å². The maximum atomic E-state index is 4.51. The Balaban J connectivity index is 2.26. The number of aromatic nitrogens is 3. The summed E-state index contributed by atoms with van der Waals surface area (Å²) in [5.41, 5.74) is 2.97. The van der Waals surface area contributed by atoms with Crippen molar-refractivity contribution in [1.82, 2.24) is 15.0 Å². The zero-order chi connectivity index (χ0) is 12.1. The first kappa shape index (κ1) is 11.5. The van der Waals surface area contributed by atoms with Crippen LogP contribution in [-0.2, 0) is 0 Å². The fourth-order valence-electron chi connectivity index (χ4n) is 1.54. The lowest BCUT2D eigenvalue weighted by molar-refractivity contribution is 0.965. The van der Waals surface area contributed by atoms with Crippen LogP contribution in [0.1, 0.15) is 18.9 Å². The zero-order valence-electron chi connectivity index (χ0n) is 10.1. The van der Waals surface area contributed by atoms with Crippen LogP contribution in [0.2, 0.25) is 0 Å². The quantitative estimate of drug-likeness (QED) is 0.874. The first-order valence-electron chi connectivity index (χ1n) is 5.77. The minimum atomic E-state index is 0.811. The van der Waals surface area contributed by atoms with Crippen LogP contribution in [-0.4, -0.2) is 21.5 Å². The lowest BCUT2D eigenvalue weighted by atomic mass is 10.2. The van der Waals surface area contributed by atoms with Gasteiger partial charge in [-0.3, -0.25) is 9.97 Å². The topological polar surface area (TPSA) is 50.7 Å². The molecule has 0 saturated carbocycles. The first-order valence-corrected chi connectivity index (χ1v) is 5.77. The summed E-state index contributed by atoms with van der Waals surface area (Å²) in [5.74, 6) is 0.811. The molecule has 0 atom stereocenters. The normalized spacial score (nSPS) is 10.2. The van der Waals surface area contributed by atoms with Crippen molar-refractivity contribution in [3.63, 3.8) is 0 Å². The van der Waals surface area contributed by atoms with E-state index in [1.165, 1.54) is 0 Å². The second kappa shape index (κ2) is 5.39. The Morgan fingerprint density at radius 2 is 1.94 bits per heavy atom. The molecular formula is C13H16N4. The van der Waals surface area contributed by atoms with Crippen molar-refractivity contribution < 1.29 is 0 Å². The van der Waals surface area contributed by atoms with Crippen LogP contribution in [0.4, 0.5) is 5.82 Å². The Morgan fingerprint density at radius 3 is 2.71 bits per heavy atom. The van der Waals surface area contributed by atoms with Gasteiger partial charge in [0.05, 0.1) is 18.1 Å². The van der Waals surface area contributed by atoms with Gasteiger partial charge < -0.3 is 5.32 Å². The average Bonchev–Trinajstić information content (AvgIpc) is 2.37. The van der Waals surface area contributed by atoms with Crippen molar-refractivity contribution in [2.24, 2.45) is 0 Å². The molecule has 0 amide bonds. The number of hydrogen-bond donors (Lipinski definition) is 1. The van der Waals surface area contributed by atoms with Crippen molar-refractivity contribution in [2.45, 2.75) is 20.3 Å². The molecule has 2 aromatic rings. The van der Waals surface area contributed by atoms with E-state index in [0.717, 1.165) is 35.6 Å². The predicted molar refractivity (Wildman–Crippen MR) is 68.8 cm³/mol. The molecule has 0 aliphatic rings.